The smallest absolute Gasteiger partial charge is 0.0433 e. The Labute approximate surface area is 70.3 Å². The summed E-state index contributed by atoms with van der Waals surface area (Å²) in [6.45, 7) is 7.57. The van der Waals surface area contributed by atoms with Gasteiger partial charge in [-0.05, 0) is 38.8 Å². The van der Waals surface area contributed by atoms with Crippen LogP contribution in [0.1, 0.15) is 26.7 Å². The molecule has 0 aromatic carbocycles. The third-order valence-electron chi connectivity index (χ3n) is 1.92. The average molecular weight is 159 g/mol. The first-order valence-electron chi connectivity index (χ1n) is 4.50. The van der Waals surface area contributed by atoms with E-state index in [1.165, 1.54) is 25.9 Å². The Morgan fingerprint density at radius 2 is 1.82 bits per heavy atom. The number of methoxy groups -OCH3 is 1. The fourth-order valence-corrected chi connectivity index (χ4v) is 0.966. The van der Waals surface area contributed by atoms with E-state index in [-0.39, 0.29) is 0 Å². The minimum Gasteiger partial charge on any atom is -0.385 e. The molecule has 1 aliphatic heterocycles. The molecule has 1 heterocycles. The van der Waals surface area contributed by atoms with Gasteiger partial charge in [-0.2, -0.15) is 0 Å². The highest BCUT2D eigenvalue weighted by molar-refractivity contribution is 4.62. The molecule has 0 saturated carbocycles. The molecule has 1 rings (SSSR count). The average Bonchev–Trinajstić information content (AvgIpc) is 2.07. The van der Waals surface area contributed by atoms with Crippen molar-refractivity contribution in [1.29, 1.82) is 0 Å². The van der Waals surface area contributed by atoms with E-state index in [1.807, 2.05) is 6.92 Å². The maximum Gasteiger partial charge on any atom is 0.0433 e. The Kier molecular flexibility index (Phi) is 7.96. The highest BCUT2D eigenvalue weighted by Gasteiger charge is 2.04. The highest BCUT2D eigenvalue weighted by atomic mass is 16.5. The Morgan fingerprint density at radius 1 is 1.36 bits per heavy atom. The lowest BCUT2D eigenvalue weighted by Gasteiger charge is -2.17. The number of rotatable bonds is 1. The van der Waals surface area contributed by atoms with E-state index < -0.39 is 0 Å². The summed E-state index contributed by atoms with van der Waals surface area (Å²) in [7, 11) is 1.68. The minimum absolute atomic E-state index is 0.819. The third kappa shape index (κ3) is 7.82. The largest absolute Gasteiger partial charge is 0.385 e. The van der Waals surface area contributed by atoms with Crippen molar-refractivity contribution in [3.8, 4) is 0 Å². The minimum atomic E-state index is 0.819. The van der Waals surface area contributed by atoms with Gasteiger partial charge in [0.1, 0.15) is 0 Å². The molecule has 0 aromatic rings. The van der Waals surface area contributed by atoms with Crippen molar-refractivity contribution < 1.29 is 4.74 Å². The zero-order valence-corrected chi connectivity index (χ0v) is 8.02. The van der Waals surface area contributed by atoms with Crippen molar-refractivity contribution >= 4 is 0 Å². The lowest BCUT2D eigenvalue weighted by Crippen LogP contribution is -2.26. The van der Waals surface area contributed by atoms with Crippen molar-refractivity contribution in [2.45, 2.75) is 26.7 Å². The molecule has 2 nitrogen and oxygen atoms in total. The van der Waals surface area contributed by atoms with Crippen molar-refractivity contribution in [3.05, 3.63) is 0 Å². The van der Waals surface area contributed by atoms with Crippen LogP contribution in [0.5, 0.6) is 0 Å². The van der Waals surface area contributed by atoms with Gasteiger partial charge in [-0.3, -0.25) is 0 Å². The standard InChI is InChI=1S/C6H13N.C3H8O/c1-6-2-4-7-5-3-6;1-3-4-2/h6-7H,2-5H2,1H3;3H2,1-2H3. The molecule has 0 aliphatic carbocycles. The van der Waals surface area contributed by atoms with Crippen LogP contribution in [0.4, 0.5) is 0 Å². The summed E-state index contributed by atoms with van der Waals surface area (Å²) in [5.41, 5.74) is 0. The van der Waals surface area contributed by atoms with Crippen molar-refractivity contribution in [2.24, 2.45) is 5.92 Å². The van der Waals surface area contributed by atoms with E-state index >= 15 is 0 Å². The van der Waals surface area contributed by atoms with Gasteiger partial charge in [0, 0.05) is 13.7 Å². The van der Waals surface area contributed by atoms with Crippen LogP contribution in [0.2, 0.25) is 0 Å². The molecule has 1 N–H and O–H groups in total. The number of hydrogen-bond donors (Lipinski definition) is 1. The maximum atomic E-state index is 4.54. The second-order valence-corrected chi connectivity index (χ2v) is 3.01. The molecular weight excluding hydrogens is 138 g/mol. The van der Waals surface area contributed by atoms with E-state index in [9.17, 15) is 0 Å². The van der Waals surface area contributed by atoms with Gasteiger partial charge in [-0.15, -0.1) is 0 Å². The summed E-state index contributed by atoms with van der Waals surface area (Å²) in [5.74, 6) is 0.973. The number of nitrogens with one attached hydrogen (secondary N) is 1. The molecule has 11 heavy (non-hydrogen) atoms. The molecule has 1 fully saturated rings. The molecule has 1 aliphatic rings. The normalized spacial score (nSPS) is 18.8. The monoisotopic (exact) mass is 159 g/mol. The lowest BCUT2D eigenvalue weighted by molar-refractivity contribution is 0.215. The highest BCUT2D eigenvalue weighted by Crippen LogP contribution is 2.08. The van der Waals surface area contributed by atoms with Crippen LogP contribution in [-0.4, -0.2) is 26.8 Å². The Balaban J connectivity index is 0.000000218. The van der Waals surface area contributed by atoms with Gasteiger partial charge >= 0.3 is 0 Å². The van der Waals surface area contributed by atoms with E-state index in [2.05, 4.69) is 17.0 Å². The summed E-state index contributed by atoms with van der Waals surface area (Å²) in [6, 6.07) is 0. The molecule has 2 heteroatoms. The Bertz CT molecular complexity index is 68.0. The van der Waals surface area contributed by atoms with Gasteiger partial charge in [0.15, 0.2) is 0 Å². The van der Waals surface area contributed by atoms with E-state index in [4.69, 9.17) is 0 Å². The van der Waals surface area contributed by atoms with E-state index in [0.717, 1.165) is 12.5 Å². The first-order valence-corrected chi connectivity index (χ1v) is 4.50. The maximum absolute atomic E-state index is 4.54. The summed E-state index contributed by atoms with van der Waals surface area (Å²) in [6.07, 6.45) is 2.75. The topological polar surface area (TPSA) is 21.3 Å². The van der Waals surface area contributed by atoms with Gasteiger partial charge in [0.2, 0.25) is 0 Å². The van der Waals surface area contributed by atoms with Crippen molar-refractivity contribution in [1.82, 2.24) is 5.32 Å². The van der Waals surface area contributed by atoms with Crippen LogP contribution in [0.15, 0.2) is 0 Å². The molecule has 0 bridgehead atoms. The summed E-state index contributed by atoms with van der Waals surface area (Å²) in [4.78, 5) is 0. The van der Waals surface area contributed by atoms with Gasteiger partial charge in [-0.25, -0.2) is 0 Å². The fraction of sp³-hybridized carbons (Fsp3) is 1.00. The van der Waals surface area contributed by atoms with Crippen LogP contribution in [-0.2, 0) is 4.74 Å². The first kappa shape index (κ1) is 10.9. The Morgan fingerprint density at radius 3 is 2.00 bits per heavy atom. The van der Waals surface area contributed by atoms with Crippen molar-refractivity contribution in [2.75, 3.05) is 26.8 Å². The van der Waals surface area contributed by atoms with Gasteiger partial charge in [0.05, 0.1) is 0 Å². The van der Waals surface area contributed by atoms with Gasteiger partial charge < -0.3 is 10.1 Å². The molecule has 0 spiro atoms. The van der Waals surface area contributed by atoms with Crippen LogP contribution in [0, 0.1) is 5.92 Å². The predicted molar refractivity (Wildman–Crippen MR) is 48.8 cm³/mol. The first-order chi connectivity index (χ1) is 5.31. The predicted octanol–water partition coefficient (Wildman–Crippen LogP) is 1.66. The van der Waals surface area contributed by atoms with E-state index in [1.54, 1.807) is 7.11 Å². The van der Waals surface area contributed by atoms with Gasteiger partial charge in [0.25, 0.3) is 0 Å². The van der Waals surface area contributed by atoms with Crippen LogP contribution < -0.4 is 5.32 Å². The van der Waals surface area contributed by atoms with E-state index in [0.29, 0.717) is 0 Å². The van der Waals surface area contributed by atoms with Crippen LogP contribution >= 0.6 is 0 Å². The van der Waals surface area contributed by atoms with Crippen molar-refractivity contribution in [3.63, 3.8) is 0 Å². The zero-order valence-electron chi connectivity index (χ0n) is 8.02. The fourth-order valence-electron chi connectivity index (χ4n) is 0.966. The third-order valence-corrected chi connectivity index (χ3v) is 1.92. The molecular formula is C9H21NO. The number of hydrogen-bond acceptors (Lipinski definition) is 2. The quantitative estimate of drug-likeness (QED) is 0.628. The van der Waals surface area contributed by atoms with Crippen LogP contribution in [0.3, 0.4) is 0 Å². The summed E-state index contributed by atoms with van der Waals surface area (Å²) < 4.78 is 4.54. The summed E-state index contributed by atoms with van der Waals surface area (Å²) >= 11 is 0. The molecule has 0 radical (unpaired) electrons. The molecule has 1 saturated heterocycles. The molecule has 68 valence electrons. The second kappa shape index (κ2) is 8.02. The lowest BCUT2D eigenvalue weighted by atomic mass is 10.0. The molecule has 0 unspecified atom stereocenters. The number of ether oxygens (including phenoxy) is 1. The SMILES string of the molecule is CC1CCNCC1.CCOC. The van der Waals surface area contributed by atoms with Crippen LogP contribution in [0.25, 0.3) is 0 Å². The molecule has 0 atom stereocenters. The summed E-state index contributed by atoms with van der Waals surface area (Å²) in [5, 5.41) is 3.32. The number of piperidine rings is 1. The molecule has 0 amide bonds. The van der Waals surface area contributed by atoms with Gasteiger partial charge in [-0.1, -0.05) is 6.92 Å². The Hall–Kier alpha value is -0.0800. The zero-order chi connectivity index (χ0) is 8.53. The second-order valence-electron chi connectivity index (χ2n) is 3.01. The molecule has 0 aromatic heterocycles.